The van der Waals surface area contributed by atoms with Crippen molar-refractivity contribution in [2.75, 3.05) is 13.1 Å². The van der Waals surface area contributed by atoms with Crippen molar-refractivity contribution in [1.82, 2.24) is 4.90 Å². The Kier molecular flexibility index (Phi) is 3.02. The second-order valence-electron chi connectivity index (χ2n) is 2.82. The van der Waals surface area contributed by atoms with Gasteiger partial charge in [0, 0.05) is 19.5 Å². The normalized spacial score (nSPS) is 18.2. The van der Waals surface area contributed by atoms with Crippen LogP contribution in [0.25, 0.3) is 0 Å². The molecule has 1 aliphatic rings. The molecule has 12 heavy (non-hydrogen) atoms. The van der Waals surface area contributed by atoms with Crippen LogP contribution in [0.5, 0.6) is 0 Å². The van der Waals surface area contributed by atoms with E-state index < -0.39 is 0 Å². The van der Waals surface area contributed by atoms with Gasteiger partial charge in [-0.25, -0.2) is 0 Å². The summed E-state index contributed by atoms with van der Waals surface area (Å²) in [5, 5.41) is 0. The Bertz CT molecular complexity index is 221. The molecule has 66 valence electrons. The zero-order valence-electron chi connectivity index (χ0n) is 7.25. The lowest BCUT2D eigenvalue weighted by Gasteiger charge is -2.11. The van der Waals surface area contributed by atoms with Gasteiger partial charge >= 0.3 is 0 Å². The first-order chi connectivity index (χ1) is 5.75. The van der Waals surface area contributed by atoms with Crippen LogP contribution in [0.2, 0.25) is 0 Å². The van der Waals surface area contributed by atoms with Crippen molar-refractivity contribution < 1.29 is 9.59 Å². The molecule has 1 amide bonds. The van der Waals surface area contributed by atoms with Crippen LogP contribution in [0.15, 0.2) is 12.2 Å². The van der Waals surface area contributed by atoms with Gasteiger partial charge in [-0.1, -0.05) is 12.2 Å². The van der Waals surface area contributed by atoms with E-state index >= 15 is 0 Å². The lowest BCUT2D eigenvalue weighted by molar-refractivity contribution is -0.139. The highest BCUT2D eigenvalue weighted by atomic mass is 16.2. The maximum absolute atomic E-state index is 11.1. The Morgan fingerprint density at radius 1 is 1.50 bits per heavy atom. The predicted octanol–water partition coefficient (Wildman–Crippen LogP) is 0.754. The van der Waals surface area contributed by atoms with E-state index in [4.69, 9.17) is 0 Å². The Labute approximate surface area is 72.0 Å². The minimum Gasteiger partial charge on any atom is -0.335 e. The molecule has 0 bridgehead atoms. The molecule has 1 fully saturated rings. The fourth-order valence-corrected chi connectivity index (χ4v) is 1.23. The number of hydrogen-bond acceptors (Lipinski definition) is 2. The summed E-state index contributed by atoms with van der Waals surface area (Å²) >= 11 is 0. The smallest absolute Gasteiger partial charge is 0.290 e. The van der Waals surface area contributed by atoms with Gasteiger partial charge in [-0.15, -0.1) is 0 Å². The summed E-state index contributed by atoms with van der Waals surface area (Å²) in [5.41, 5.74) is 0. The number of carbonyl (C=O) groups is 2. The van der Waals surface area contributed by atoms with Gasteiger partial charge in [0.1, 0.15) is 0 Å². The van der Waals surface area contributed by atoms with Gasteiger partial charge < -0.3 is 4.90 Å². The molecule has 0 saturated carbocycles. The zero-order valence-corrected chi connectivity index (χ0v) is 7.25. The van der Waals surface area contributed by atoms with E-state index in [-0.39, 0.29) is 11.7 Å². The number of likely N-dealkylation sites (tertiary alicyclic amines) is 1. The minimum atomic E-state index is -0.306. The largest absolute Gasteiger partial charge is 0.335 e. The van der Waals surface area contributed by atoms with E-state index in [0.717, 1.165) is 6.42 Å². The van der Waals surface area contributed by atoms with Crippen molar-refractivity contribution in [3.05, 3.63) is 12.2 Å². The number of carbonyl (C=O) groups excluding carboxylic acids is 2. The monoisotopic (exact) mass is 167 g/mol. The van der Waals surface area contributed by atoms with Crippen molar-refractivity contribution in [1.29, 1.82) is 0 Å². The van der Waals surface area contributed by atoms with Gasteiger partial charge in [0.25, 0.3) is 5.91 Å². The van der Waals surface area contributed by atoms with Crippen molar-refractivity contribution in [2.45, 2.75) is 19.8 Å². The third kappa shape index (κ3) is 1.94. The van der Waals surface area contributed by atoms with Gasteiger partial charge in [0.05, 0.1) is 0 Å². The van der Waals surface area contributed by atoms with Crippen molar-refractivity contribution in [3.8, 4) is 0 Å². The van der Waals surface area contributed by atoms with E-state index in [1.165, 1.54) is 0 Å². The standard InChI is InChI=1S/C9H13NO2/c1-2-3-4-6-10-7-5-8(11)9(10)12/h2-3H,4-7H2,1H3/b3-2+. The van der Waals surface area contributed by atoms with E-state index in [0.29, 0.717) is 19.5 Å². The molecule has 1 heterocycles. The number of nitrogens with zero attached hydrogens (tertiary/aromatic N) is 1. The Hall–Kier alpha value is -1.12. The molecule has 0 spiro atoms. The molecule has 1 saturated heterocycles. The highest BCUT2D eigenvalue weighted by molar-refractivity contribution is 6.37. The molecule has 1 aliphatic heterocycles. The summed E-state index contributed by atoms with van der Waals surface area (Å²) in [5.74, 6) is -0.546. The fourth-order valence-electron chi connectivity index (χ4n) is 1.23. The van der Waals surface area contributed by atoms with E-state index in [1.807, 2.05) is 19.1 Å². The van der Waals surface area contributed by atoms with Crippen LogP contribution in [0.1, 0.15) is 19.8 Å². The molecule has 0 aromatic heterocycles. The topological polar surface area (TPSA) is 37.4 Å². The number of allylic oxidation sites excluding steroid dienone is 1. The Morgan fingerprint density at radius 3 is 2.75 bits per heavy atom. The van der Waals surface area contributed by atoms with E-state index in [9.17, 15) is 9.59 Å². The molecular formula is C9H13NO2. The summed E-state index contributed by atoms with van der Waals surface area (Å²) in [7, 11) is 0. The Balaban J connectivity index is 2.34. The summed E-state index contributed by atoms with van der Waals surface area (Å²) < 4.78 is 0. The molecule has 0 N–H and O–H groups in total. The number of ketones is 1. The summed E-state index contributed by atoms with van der Waals surface area (Å²) in [6.07, 6.45) is 5.18. The molecule has 0 aliphatic carbocycles. The van der Waals surface area contributed by atoms with Gasteiger partial charge in [0.2, 0.25) is 5.78 Å². The number of Topliss-reactive ketones (excluding diaryl/α,β-unsaturated/α-hetero) is 1. The lowest BCUT2D eigenvalue weighted by Crippen LogP contribution is -2.28. The molecule has 0 aromatic carbocycles. The van der Waals surface area contributed by atoms with Crippen molar-refractivity contribution in [3.63, 3.8) is 0 Å². The first-order valence-corrected chi connectivity index (χ1v) is 4.19. The lowest BCUT2D eigenvalue weighted by atomic mass is 10.3. The second-order valence-corrected chi connectivity index (χ2v) is 2.82. The second kappa shape index (κ2) is 4.04. The zero-order chi connectivity index (χ0) is 8.97. The maximum atomic E-state index is 11.1. The van der Waals surface area contributed by atoms with Crippen LogP contribution >= 0.6 is 0 Å². The molecular weight excluding hydrogens is 154 g/mol. The molecule has 1 rings (SSSR count). The van der Waals surface area contributed by atoms with Crippen LogP contribution in [-0.4, -0.2) is 29.7 Å². The van der Waals surface area contributed by atoms with Gasteiger partial charge in [0.15, 0.2) is 0 Å². The fraction of sp³-hybridized carbons (Fsp3) is 0.556. The summed E-state index contributed by atoms with van der Waals surface area (Å²) in [4.78, 5) is 23.5. The summed E-state index contributed by atoms with van der Waals surface area (Å²) in [6.45, 7) is 3.22. The van der Waals surface area contributed by atoms with Crippen molar-refractivity contribution >= 4 is 11.7 Å². The molecule has 3 heteroatoms. The molecule has 0 atom stereocenters. The van der Waals surface area contributed by atoms with Gasteiger partial charge in [-0.3, -0.25) is 9.59 Å². The number of amides is 1. The van der Waals surface area contributed by atoms with E-state index in [2.05, 4.69) is 0 Å². The number of hydrogen-bond donors (Lipinski definition) is 0. The van der Waals surface area contributed by atoms with Gasteiger partial charge in [-0.05, 0) is 13.3 Å². The van der Waals surface area contributed by atoms with Crippen LogP contribution in [0, 0.1) is 0 Å². The van der Waals surface area contributed by atoms with Crippen molar-refractivity contribution in [2.24, 2.45) is 0 Å². The minimum absolute atomic E-state index is 0.240. The average molecular weight is 167 g/mol. The third-order valence-electron chi connectivity index (χ3n) is 1.94. The van der Waals surface area contributed by atoms with Crippen LogP contribution < -0.4 is 0 Å². The molecule has 0 aromatic rings. The first-order valence-electron chi connectivity index (χ1n) is 4.19. The highest BCUT2D eigenvalue weighted by Gasteiger charge is 2.27. The van der Waals surface area contributed by atoms with E-state index in [1.54, 1.807) is 4.90 Å². The Morgan fingerprint density at radius 2 is 2.25 bits per heavy atom. The highest BCUT2D eigenvalue weighted by Crippen LogP contribution is 2.06. The average Bonchev–Trinajstić information content (AvgIpc) is 2.36. The number of rotatable bonds is 3. The predicted molar refractivity (Wildman–Crippen MR) is 45.6 cm³/mol. The van der Waals surface area contributed by atoms with Crippen LogP contribution in [0.4, 0.5) is 0 Å². The summed E-state index contributed by atoms with van der Waals surface area (Å²) in [6, 6.07) is 0. The quantitative estimate of drug-likeness (QED) is 0.459. The van der Waals surface area contributed by atoms with Crippen LogP contribution in [-0.2, 0) is 9.59 Å². The third-order valence-corrected chi connectivity index (χ3v) is 1.94. The van der Waals surface area contributed by atoms with Gasteiger partial charge in [-0.2, -0.15) is 0 Å². The molecule has 0 unspecified atom stereocenters. The maximum Gasteiger partial charge on any atom is 0.290 e. The SMILES string of the molecule is C/C=C/CCN1CCC(=O)C1=O. The molecule has 0 radical (unpaired) electrons. The molecule has 3 nitrogen and oxygen atoms in total. The van der Waals surface area contributed by atoms with Crippen LogP contribution in [0.3, 0.4) is 0 Å². The first kappa shape index (κ1) is 8.97.